The summed E-state index contributed by atoms with van der Waals surface area (Å²) in [5, 5.41) is 5.11. The van der Waals surface area contributed by atoms with Crippen LogP contribution in [0.15, 0.2) is 128 Å². The van der Waals surface area contributed by atoms with Gasteiger partial charge in [0.05, 0.1) is 0 Å². The number of pyridine rings is 2. The van der Waals surface area contributed by atoms with Gasteiger partial charge in [-0.15, -0.1) is 65.2 Å². The molecule has 0 amide bonds. The van der Waals surface area contributed by atoms with Crippen molar-refractivity contribution in [2.24, 2.45) is 0 Å². The molecule has 7 rings (SSSR count). The maximum Gasteiger partial charge on any atom is 0.0190 e. The number of fused-ring (bicyclic) bond motifs is 3. The first-order chi connectivity index (χ1) is 20.0. The Labute approximate surface area is 261 Å². The number of aryl methyl sites for hydroxylation is 3. The number of benzene rings is 5. The molecule has 0 aliphatic carbocycles. The zero-order valence-electron chi connectivity index (χ0n) is 23.9. The fraction of sp³-hybridized carbons (Fsp3) is 0.0769. The standard InChI is InChI=1S/C26H18N.C13H12N.Ir/c1-18-10-15-26(27-17-18)20-13-11-19(12-14-20)25-16-21-6-2-3-7-22(21)23-8-4-5-9-24(23)25;1-10-3-6-12(7-4-10)13-8-5-11(2)9-14-13;/h2-13,15-17H,1H3;3-6,8-9H,1-2H3;/q2*-1;. The van der Waals surface area contributed by atoms with Gasteiger partial charge in [0.25, 0.3) is 0 Å². The summed E-state index contributed by atoms with van der Waals surface area (Å²) in [6, 6.07) is 46.8. The Morgan fingerprint density at radius 3 is 1.60 bits per heavy atom. The molecular formula is C39H30IrN2-2. The van der Waals surface area contributed by atoms with Gasteiger partial charge < -0.3 is 9.97 Å². The molecule has 0 N–H and O–H groups in total. The van der Waals surface area contributed by atoms with E-state index < -0.39 is 0 Å². The van der Waals surface area contributed by atoms with E-state index in [9.17, 15) is 0 Å². The van der Waals surface area contributed by atoms with Gasteiger partial charge in [0.15, 0.2) is 0 Å². The minimum Gasteiger partial charge on any atom is -0.304 e. The molecule has 0 atom stereocenters. The smallest absolute Gasteiger partial charge is 0.0190 e. The van der Waals surface area contributed by atoms with Crippen molar-refractivity contribution in [3.8, 4) is 33.6 Å². The van der Waals surface area contributed by atoms with Gasteiger partial charge in [0, 0.05) is 32.5 Å². The number of hydrogen-bond donors (Lipinski definition) is 0. The summed E-state index contributed by atoms with van der Waals surface area (Å²) in [5.74, 6) is 0. The summed E-state index contributed by atoms with van der Waals surface area (Å²) in [6.07, 6.45) is 3.77. The van der Waals surface area contributed by atoms with Crippen LogP contribution in [0.4, 0.5) is 0 Å². The fourth-order valence-electron chi connectivity index (χ4n) is 4.96. The van der Waals surface area contributed by atoms with E-state index in [4.69, 9.17) is 0 Å². The minimum atomic E-state index is 0. The minimum absolute atomic E-state index is 0. The van der Waals surface area contributed by atoms with Crippen LogP contribution in [-0.4, -0.2) is 9.97 Å². The third-order valence-corrected chi connectivity index (χ3v) is 7.23. The van der Waals surface area contributed by atoms with Crippen molar-refractivity contribution in [3.05, 3.63) is 156 Å². The van der Waals surface area contributed by atoms with Crippen LogP contribution in [0.5, 0.6) is 0 Å². The molecular weight excluding hydrogens is 689 g/mol. The first-order valence-corrected chi connectivity index (χ1v) is 13.8. The van der Waals surface area contributed by atoms with E-state index in [2.05, 4.69) is 127 Å². The molecule has 3 heteroatoms. The Balaban J connectivity index is 0.000000200. The van der Waals surface area contributed by atoms with Crippen molar-refractivity contribution in [1.82, 2.24) is 9.97 Å². The third kappa shape index (κ3) is 6.39. The predicted octanol–water partition coefficient (Wildman–Crippen LogP) is 9.99. The summed E-state index contributed by atoms with van der Waals surface area (Å²) >= 11 is 0. The van der Waals surface area contributed by atoms with E-state index in [-0.39, 0.29) is 20.1 Å². The van der Waals surface area contributed by atoms with E-state index in [1.807, 2.05) is 43.6 Å². The zero-order chi connectivity index (χ0) is 28.2. The van der Waals surface area contributed by atoms with Crippen molar-refractivity contribution >= 4 is 21.5 Å². The Kier molecular flexibility index (Phi) is 9.03. The van der Waals surface area contributed by atoms with Crippen molar-refractivity contribution in [2.45, 2.75) is 20.8 Å². The Bertz CT molecular complexity index is 1880. The molecule has 2 aromatic heterocycles. The van der Waals surface area contributed by atoms with Gasteiger partial charge in [-0.2, -0.15) is 0 Å². The van der Waals surface area contributed by atoms with Gasteiger partial charge in [-0.25, -0.2) is 0 Å². The molecule has 42 heavy (non-hydrogen) atoms. The van der Waals surface area contributed by atoms with Gasteiger partial charge in [-0.05, 0) is 57.9 Å². The molecule has 0 aliphatic heterocycles. The van der Waals surface area contributed by atoms with E-state index in [1.54, 1.807) is 0 Å². The zero-order valence-corrected chi connectivity index (χ0v) is 26.2. The molecule has 1 radical (unpaired) electrons. The molecule has 0 unspecified atom stereocenters. The van der Waals surface area contributed by atoms with Crippen LogP contribution in [0.3, 0.4) is 0 Å². The molecule has 0 bridgehead atoms. The summed E-state index contributed by atoms with van der Waals surface area (Å²) in [4.78, 5) is 8.86. The third-order valence-electron chi connectivity index (χ3n) is 7.23. The van der Waals surface area contributed by atoms with Crippen LogP contribution in [-0.2, 0) is 20.1 Å². The predicted molar refractivity (Wildman–Crippen MR) is 172 cm³/mol. The van der Waals surface area contributed by atoms with Crippen LogP contribution < -0.4 is 0 Å². The average molecular weight is 719 g/mol. The molecule has 2 nitrogen and oxygen atoms in total. The molecule has 5 aromatic carbocycles. The van der Waals surface area contributed by atoms with Crippen LogP contribution in [0, 0.1) is 32.9 Å². The van der Waals surface area contributed by atoms with Crippen LogP contribution in [0.1, 0.15) is 16.7 Å². The van der Waals surface area contributed by atoms with Gasteiger partial charge in [-0.3, -0.25) is 0 Å². The largest absolute Gasteiger partial charge is 0.304 e. The molecule has 0 spiro atoms. The van der Waals surface area contributed by atoms with E-state index in [1.165, 1.54) is 43.8 Å². The summed E-state index contributed by atoms with van der Waals surface area (Å²) in [6.45, 7) is 6.15. The molecule has 0 saturated carbocycles. The number of hydrogen-bond acceptors (Lipinski definition) is 2. The molecule has 2 heterocycles. The normalized spacial score (nSPS) is 10.5. The van der Waals surface area contributed by atoms with Crippen molar-refractivity contribution in [2.75, 3.05) is 0 Å². The van der Waals surface area contributed by atoms with Crippen LogP contribution in [0.25, 0.3) is 55.2 Å². The van der Waals surface area contributed by atoms with Crippen molar-refractivity contribution in [1.29, 1.82) is 0 Å². The Hall–Kier alpha value is -4.43. The topological polar surface area (TPSA) is 25.8 Å². The van der Waals surface area contributed by atoms with Gasteiger partial charge in [0.2, 0.25) is 0 Å². The summed E-state index contributed by atoms with van der Waals surface area (Å²) in [5.41, 5.74) is 9.99. The first kappa shape index (κ1) is 29.1. The second-order valence-corrected chi connectivity index (χ2v) is 10.4. The second-order valence-electron chi connectivity index (χ2n) is 10.4. The van der Waals surface area contributed by atoms with Gasteiger partial charge >= 0.3 is 0 Å². The van der Waals surface area contributed by atoms with Crippen molar-refractivity contribution < 1.29 is 20.1 Å². The van der Waals surface area contributed by atoms with Gasteiger partial charge in [-0.1, -0.05) is 96.9 Å². The second kappa shape index (κ2) is 13.0. The molecule has 0 saturated heterocycles. The molecule has 0 aliphatic rings. The van der Waals surface area contributed by atoms with E-state index in [0.717, 1.165) is 28.1 Å². The SMILES string of the molecule is Cc1c[c-]c(-c2ccc(C)cn2)cc1.Cc1ccc(-c2[c-]cc(-c3cc4ccccc4c4ccccc34)cc2)nc1.[Ir]. The van der Waals surface area contributed by atoms with E-state index >= 15 is 0 Å². The summed E-state index contributed by atoms with van der Waals surface area (Å²) in [7, 11) is 0. The van der Waals surface area contributed by atoms with E-state index in [0.29, 0.717) is 0 Å². The van der Waals surface area contributed by atoms with Crippen LogP contribution >= 0.6 is 0 Å². The maximum absolute atomic E-state index is 4.51. The number of nitrogens with zero attached hydrogens (tertiary/aromatic N) is 2. The molecule has 207 valence electrons. The fourth-order valence-corrected chi connectivity index (χ4v) is 4.96. The maximum atomic E-state index is 4.51. The van der Waals surface area contributed by atoms with Crippen molar-refractivity contribution in [3.63, 3.8) is 0 Å². The molecule has 7 aromatic rings. The van der Waals surface area contributed by atoms with Gasteiger partial charge in [0.1, 0.15) is 0 Å². The average Bonchev–Trinajstić information content (AvgIpc) is 3.02. The quantitative estimate of drug-likeness (QED) is 0.134. The number of rotatable bonds is 3. The molecule has 0 fully saturated rings. The first-order valence-electron chi connectivity index (χ1n) is 13.8. The Morgan fingerprint density at radius 2 is 1.05 bits per heavy atom. The Morgan fingerprint density at radius 1 is 0.500 bits per heavy atom. The monoisotopic (exact) mass is 719 g/mol. The summed E-state index contributed by atoms with van der Waals surface area (Å²) < 4.78 is 0. The van der Waals surface area contributed by atoms with Crippen LogP contribution in [0.2, 0.25) is 0 Å². The number of aromatic nitrogens is 2.